The summed E-state index contributed by atoms with van der Waals surface area (Å²) in [5.74, 6) is -0.186. The molecule has 5 atom stereocenters. The third-order valence-electron chi connectivity index (χ3n) is 4.82. The Balaban J connectivity index is 2.29. The molecule has 2 rings (SSSR count). The van der Waals surface area contributed by atoms with E-state index < -0.39 is 6.10 Å². The van der Waals surface area contributed by atoms with Crippen LogP contribution >= 0.6 is 0 Å². The van der Waals surface area contributed by atoms with Crippen LogP contribution in [-0.2, 0) is 14.3 Å². The van der Waals surface area contributed by atoms with Gasteiger partial charge in [-0.15, -0.1) is 0 Å². The number of fused-ring (bicyclic) bond motifs is 1. The van der Waals surface area contributed by atoms with Crippen LogP contribution in [-0.4, -0.2) is 35.0 Å². The molecule has 0 bridgehead atoms. The first-order valence-electron chi connectivity index (χ1n) is 7.93. The van der Waals surface area contributed by atoms with Crippen LogP contribution in [0.1, 0.15) is 53.9 Å². The van der Waals surface area contributed by atoms with E-state index in [1.54, 1.807) is 0 Å². The van der Waals surface area contributed by atoms with Crippen molar-refractivity contribution >= 4 is 5.97 Å². The fourth-order valence-corrected chi connectivity index (χ4v) is 3.61. The number of aliphatic hydroxyl groups is 1. The molecule has 1 N–H and O–H groups in total. The zero-order valence-electron chi connectivity index (χ0n) is 13.8. The van der Waals surface area contributed by atoms with Crippen molar-refractivity contribution < 1.29 is 19.4 Å². The minimum Gasteiger partial charge on any atom is -0.462 e. The molecule has 0 saturated carbocycles. The summed E-state index contributed by atoms with van der Waals surface area (Å²) >= 11 is 0. The number of carbonyl (C=O) groups is 1. The molecule has 4 nitrogen and oxygen atoms in total. The molecule has 2 aliphatic rings. The second-order valence-corrected chi connectivity index (χ2v) is 7.10. The van der Waals surface area contributed by atoms with Gasteiger partial charge in [-0.3, -0.25) is 4.79 Å². The second kappa shape index (κ2) is 6.09. The highest BCUT2D eigenvalue weighted by Crippen LogP contribution is 2.46. The lowest BCUT2D eigenvalue weighted by Gasteiger charge is -2.34. The fraction of sp³-hybridized carbons (Fsp3) is 0.824. The fourth-order valence-electron chi connectivity index (χ4n) is 3.61. The van der Waals surface area contributed by atoms with Gasteiger partial charge in [0.2, 0.25) is 0 Å². The Bertz CT molecular complexity index is 429. The summed E-state index contributed by atoms with van der Waals surface area (Å²) in [7, 11) is 0. The van der Waals surface area contributed by atoms with Crippen molar-refractivity contribution in [3.63, 3.8) is 0 Å². The number of ether oxygens (including phenoxy) is 2. The van der Waals surface area contributed by atoms with Crippen LogP contribution in [0.4, 0.5) is 0 Å². The molecule has 1 fully saturated rings. The maximum absolute atomic E-state index is 11.4. The molecule has 1 aliphatic carbocycles. The summed E-state index contributed by atoms with van der Waals surface area (Å²) in [6.45, 7) is 9.68. The van der Waals surface area contributed by atoms with E-state index in [9.17, 15) is 9.90 Å². The molecule has 1 heterocycles. The molecule has 0 aromatic carbocycles. The summed E-state index contributed by atoms with van der Waals surface area (Å²) in [5.41, 5.74) is 0.975. The lowest BCUT2D eigenvalue weighted by atomic mass is 9.78. The van der Waals surface area contributed by atoms with Crippen LogP contribution in [0.5, 0.6) is 0 Å². The summed E-state index contributed by atoms with van der Waals surface area (Å²) in [6.07, 6.45) is 3.72. The Morgan fingerprint density at radius 3 is 2.76 bits per heavy atom. The lowest BCUT2D eigenvalue weighted by molar-refractivity contribution is -0.153. The van der Waals surface area contributed by atoms with Crippen molar-refractivity contribution in [2.75, 3.05) is 0 Å². The molecule has 5 unspecified atom stereocenters. The summed E-state index contributed by atoms with van der Waals surface area (Å²) < 4.78 is 11.3. The van der Waals surface area contributed by atoms with Gasteiger partial charge in [0.25, 0.3) is 0 Å². The maximum atomic E-state index is 11.4. The molecule has 21 heavy (non-hydrogen) atoms. The first-order valence-corrected chi connectivity index (χ1v) is 7.93. The Kier molecular flexibility index (Phi) is 4.79. The monoisotopic (exact) mass is 296 g/mol. The average Bonchev–Trinajstić information content (AvgIpc) is 2.99. The van der Waals surface area contributed by atoms with Crippen LogP contribution in [0, 0.1) is 11.8 Å². The highest BCUT2D eigenvalue weighted by atomic mass is 16.6. The van der Waals surface area contributed by atoms with Crippen LogP contribution in [0.2, 0.25) is 0 Å². The first-order chi connectivity index (χ1) is 9.74. The number of aliphatic hydroxyl groups excluding tert-OH is 1. The van der Waals surface area contributed by atoms with Gasteiger partial charge in [0.15, 0.2) is 0 Å². The van der Waals surface area contributed by atoms with E-state index in [-0.39, 0.29) is 35.6 Å². The molecule has 1 saturated heterocycles. The van der Waals surface area contributed by atoms with Crippen molar-refractivity contribution in [1.82, 2.24) is 0 Å². The van der Waals surface area contributed by atoms with Gasteiger partial charge >= 0.3 is 5.97 Å². The molecule has 4 heteroatoms. The first kappa shape index (κ1) is 16.5. The van der Waals surface area contributed by atoms with Gasteiger partial charge in [-0.1, -0.05) is 25.5 Å². The van der Waals surface area contributed by atoms with Gasteiger partial charge in [0, 0.05) is 19.3 Å². The van der Waals surface area contributed by atoms with Gasteiger partial charge in [-0.25, -0.2) is 0 Å². The van der Waals surface area contributed by atoms with Crippen LogP contribution < -0.4 is 0 Å². The van der Waals surface area contributed by atoms with Gasteiger partial charge in [-0.05, 0) is 32.6 Å². The third kappa shape index (κ3) is 3.67. The van der Waals surface area contributed by atoms with Crippen LogP contribution in [0.25, 0.3) is 0 Å². The van der Waals surface area contributed by atoms with E-state index in [2.05, 4.69) is 33.8 Å². The summed E-state index contributed by atoms with van der Waals surface area (Å²) in [4.78, 5) is 11.4. The van der Waals surface area contributed by atoms with E-state index >= 15 is 0 Å². The molecular formula is C17H28O4. The van der Waals surface area contributed by atoms with Crippen molar-refractivity contribution in [1.29, 1.82) is 0 Å². The van der Waals surface area contributed by atoms with Crippen LogP contribution in [0.3, 0.4) is 0 Å². The van der Waals surface area contributed by atoms with Crippen LogP contribution in [0.15, 0.2) is 11.6 Å². The number of carbonyl (C=O) groups excluding carboxylic acids is 1. The minimum atomic E-state index is -0.592. The minimum absolute atomic E-state index is 0.109. The SMILES string of the molecule is CC(=O)OC1CC(C)=CCCC2(C)OC2C(O)C1C(C)C. The number of rotatable bonds is 2. The Hall–Kier alpha value is -0.870. The number of allylic oxidation sites excluding steroid dienone is 1. The van der Waals surface area contributed by atoms with Gasteiger partial charge in [0.05, 0.1) is 11.7 Å². The van der Waals surface area contributed by atoms with Crippen molar-refractivity contribution in [3.05, 3.63) is 11.6 Å². The average molecular weight is 296 g/mol. The molecule has 0 aromatic heterocycles. The zero-order chi connectivity index (χ0) is 15.8. The Morgan fingerprint density at radius 1 is 1.52 bits per heavy atom. The molecule has 1 aliphatic heterocycles. The standard InChI is InChI=1S/C17H28O4/c1-10(2)14-13(20-12(4)18)9-11(3)7-6-8-17(5)16(21-17)15(14)19/h7,10,13-16,19H,6,8-9H2,1-5H3. The number of epoxide rings is 1. The van der Waals surface area contributed by atoms with Crippen molar-refractivity contribution in [2.24, 2.45) is 11.8 Å². The normalized spacial score (nSPS) is 40.2. The molecule has 0 amide bonds. The van der Waals surface area contributed by atoms with Gasteiger partial charge in [-0.2, -0.15) is 0 Å². The second-order valence-electron chi connectivity index (χ2n) is 7.10. The Morgan fingerprint density at radius 2 is 2.19 bits per heavy atom. The number of hydrogen-bond donors (Lipinski definition) is 1. The van der Waals surface area contributed by atoms with E-state index in [4.69, 9.17) is 9.47 Å². The predicted molar refractivity (Wildman–Crippen MR) is 80.8 cm³/mol. The maximum Gasteiger partial charge on any atom is 0.302 e. The molecule has 0 spiro atoms. The molecule has 120 valence electrons. The largest absolute Gasteiger partial charge is 0.462 e. The quantitative estimate of drug-likeness (QED) is 0.483. The predicted octanol–water partition coefficient (Wildman–Crippen LogP) is 2.84. The molecular weight excluding hydrogens is 268 g/mol. The molecule has 0 aromatic rings. The smallest absolute Gasteiger partial charge is 0.302 e. The highest BCUT2D eigenvalue weighted by Gasteiger charge is 2.58. The van der Waals surface area contributed by atoms with Gasteiger partial charge in [0.1, 0.15) is 12.2 Å². The van der Waals surface area contributed by atoms with Crippen molar-refractivity contribution in [2.45, 2.75) is 77.8 Å². The summed E-state index contributed by atoms with van der Waals surface area (Å²) in [5, 5.41) is 10.8. The van der Waals surface area contributed by atoms with Gasteiger partial charge < -0.3 is 14.6 Å². The number of hydrogen-bond acceptors (Lipinski definition) is 4. The Labute approximate surface area is 127 Å². The third-order valence-corrected chi connectivity index (χ3v) is 4.82. The number of esters is 1. The molecule has 0 radical (unpaired) electrons. The zero-order valence-corrected chi connectivity index (χ0v) is 13.8. The van der Waals surface area contributed by atoms with E-state index in [0.29, 0.717) is 6.42 Å². The van der Waals surface area contributed by atoms with E-state index in [1.165, 1.54) is 12.5 Å². The lowest BCUT2D eigenvalue weighted by Crippen LogP contribution is -2.43. The van der Waals surface area contributed by atoms with Crippen molar-refractivity contribution in [3.8, 4) is 0 Å². The highest BCUT2D eigenvalue weighted by molar-refractivity contribution is 5.66. The topological polar surface area (TPSA) is 59.1 Å². The summed E-state index contributed by atoms with van der Waals surface area (Å²) in [6, 6.07) is 0. The van der Waals surface area contributed by atoms with E-state index in [1.807, 2.05) is 0 Å². The van der Waals surface area contributed by atoms with E-state index in [0.717, 1.165) is 12.8 Å².